The summed E-state index contributed by atoms with van der Waals surface area (Å²) in [6, 6.07) is 5.77. The maximum Gasteiger partial charge on any atom is 0.305 e. The van der Waals surface area contributed by atoms with Gasteiger partial charge in [-0.3, -0.25) is 9.59 Å². The van der Waals surface area contributed by atoms with E-state index in [0.29, 0.717) is 0 Å². The van der Waals surface area contributed by atoms with Crippen LogP contribution in [0, 0.1) is 5.82 Å². The van der Waals surface area contributed by atoms with Crippen molar-refractivity contribution < 1.29 is 19.1 Å². The fourth-order valence-corrected chi connectivity index (χ4v) is 1.33. The largest absolute Gasteiger partial charge is 0.481 e. The van der Waals surface area contributed by atoms with E-state index in [1.165, 1.54) is 25.1 Å². The van der Waals surface area contributed by atoms with Crippen molar-refractivity contribution in [2.24, 2.45) is 0 Å². The second kappa shape index (κ2) is 5.25. The zero-order chi connectivity index (χ0) is 12.1. The summed E-state index contributed by atoms with van der Waals surface area (Å²) in [6.07, 6.45) is -0.214. The van der Waals surface area contributed by atoms with Crippen LogP contribution in [-0.2, 0) is 9.59 Å². The molecule has 1 rings (SSSR count). The van der Waals surface area contributed by atoms with Crippen LogP contribution in [0.1, 0.15) is 13.3 Å². The molecule has 1 N–H and O–H groups in total. The molecule has 0 heterocycles. The molecular formula is C11H12FNO3. The highest BCUT2D eigenvalue weighted by Crippen LogP contribution is 2.18. The van der Waals surface area contributed by atoms with Crippen molar-refractivity contribution in [3.8, 4) is 0 Å². The first-order chi connectivity index (χ1) is 7.52. The Morgan fingerprint density at radius 3 is 2.50 bits per heavy atom. The van der Waals surface area contributed by atoms with Gasteiger partial charge in [0, 0.05) is 13.5 Å². The minimum Gasteiger partial charge on any atom is -0.481 e. The van der Waals surface area contributed by atoms with Gasteiger partial charge in [-0.15, -0.1) is 0 Å². The monoisotopic (exact) mass is 225 g/mol. The van der Waals surface area contributed by atoms with Crippen LogP contribution in [0.2, 0.25) is 0 Å². The summed E-state index contributed by atoms with van der Waals surface area (Å²) < 4.78 is 13.4. The summed E-state index contributed by atoms with van der Waals surface area (Å²) in [4.78, 5) is 22.8. The summed E-state index contributed by atoms with van der Waals surface area (Å²) in [5.41, 5.74) is 0.108. The topological polar surface area (TPSA) is 57.6 Å². The van der Waals surface area contributed by atoms with E-state index in [1.54, 1.807) is 6.07 Å². The molecule has 0 saturated heterocycles. The zero-order valence-corrected chi connectivity index (χ0v) is 8.81. The number of carbonyl (C=O) groups is 2. The van der Waals surface area contributed by atoms with Crippen molar-refractivity contribution >= 4 is 17.6 Å². The average molecular weight is 225 g/mol. The molecule has 1 aromatic rings. The molecule has 0 unspecified atom stereocenters. The number of hydrogen-bond donors (Lipinski definition) is 1. The Hall–Kier alpha value is -1.91. The van der Waals surface area contributed by atoms with Crippen molar-refractivity contribution in [2.75, 3.05) is 11.4 Å². The average Bonchev–Trinajstić information content (AvgIpc) is 2.20. The lowest BCUT2D eigenvalue weighted by Gasteiger charge is -2.20. The van der Waals surface area contributed by atoms with Gasteiger partial charge in [0.05, 0.1) is 12.1 Å². The highest BCUT2D eigenvalue weighted by Gasteiger charge is 2.15. The molecule has 0 radical (unpaired) electrons. The van der Waals surface area contributed by atoms with Crippen molar-refractivity contribution in [3.63, 3.8) is 0 Å². The lowest BCUT2D eigenvalue weighted by molar-refractivity contribution is -0.136. The van der Waals surface area contributed by atoms with Crippen LogP contribution >= 0.6 is 0 Å². The molecule has 0 spiro atoms. The predicted octanol–water partition coefficient (Wildman–Crippen LogP) is 1.65. The molecule has 0 aliphatic heterocycles. The second-order valence-corrected chi connectivity index (χ2v) is 3.27. The quantitative estimate of drug-likeness (QED) is 0.847. The van der Waals surface area contributed by atoms with Crippen molar-refractivity contribution in [1.29, 1.82) is 0 Å². The molecule has 0 fully saturated rings. The summed E-state index contributed by atoms with van der Waals surface area (Å²) in [7, 11) is 0. The van der Waals surface area contributed by atoms with E-state index < -0.39 is 11.8 Å². The molecule has 0 aliphatic carbocycles. The maximum absolute atomic E-state index is 13.4. The van der Waals surface area contributed by atoms with E-state index in [-0.39, 0.29) is 24.6 Å². The van der Waals surface area contributed by atoms with E-state index >= 15 is 0 Å². The van der Waals surface area contributed by atoms with E-state index in [4.69, 9.17) is 5.11 Å². The van der Waals surface area contributed by atoms with Crippen LogP contribution in [0.5, 0.6) is 0 Å². The molecule has 0 aromatic heterocycles. The Balaban J connectivity index is 2.90. The van der Waals surface area contributed by atoms with E-state index in [0.717, 1.165) is 4.90 Å². The number of carbonyl (C=O) groups excluding carboxylic acids is 1. The number of carboxylic acids is 1. The molecule has 1 aromatic carbocycles. The van der Waals surface area contributed by atoms with Crippen LogP contribution in [0.3, 0.4) is 0 Å². The van der Waals surface area contributed by atoms with Gasteiger partial charge >= 0.3 is 5.97 Å². The Labute approximate surface area is 92.3 Å². The van der Waals surface area contributed by atoms with Gasteiger partial charge < -0.3 is 10.0 Å². The molecule has 86 valence electrons. The normalized spacial score (nSPS) is 9.88. The smallest absolute Gasteiger partial charge is 0.305 e. The fraction of sp³-hybridized carbons (Fsp3) is 0.273. The number of para-hydroxylation sites is 1. The number of hydrogen-bond acceptors (Lipinski definition) is 2. The van der Waals surface area contributed by atoms with E-state index in [2.05, 4.69) is 0 Å². The number of nitrogens with zero attached hydrogens (tertiary/aromatic N) is 1. The van der Waals surface area contributed by atoms with Crippen molar-refractivity contribution in [2.45, 2.75) is 13.3 Å². The zero-order valence-electron chi connectivity index (χ0n) is 8.81. The van der Waals surface area contributed by atoms with Gasteiger partial charge in [0.2, 0.25) is 5.91 Å². The first-order valence-corrected chi connectivity index (χ1v) is 4.77. The van der Waals surface area contributed by atoms with E-state index in [1.807, 2.05) is 0 Å². The Morgan fingerprint density at radius 1 is 1.38 bits per heavy atom. The molecule has 16 heavy (non-hydrogen) atoms. The predicted molar refractivity (Wildman–Crippen MR) is 56.7 cm³/mol. The number of halogens is 1. The number of rotatable bonds is 4. The number of amides is 1. The molecule has 0 aliphatic rings. The Morgan fingerprint density at radius 2 is 2.00 bits per heavy atom. The van der Waals surface area contributed by atoms with Gasteiger partial charge in [0.1, 0.15) is 5.82 Å². The van der Waals surface area contributed by atoms with Gasteiger partial charge in [-0.25, -0.2) is 4.39 Å². The van der Waals surface area contributed by atoms with Gasteiger partial charge in [-0.2, -0.15) is 0 Å². The highest BCUT2D eigenvalue weighted by atomic mass is 19.1. The lowest BCUT2D eigenvalue weighted by atomic mass is 10.2. The standard InChI is InChI=1S/C11H12FNO3/c1-8(14)13(7-6-11(15)16)10-5-3-2-4-9(10)12/h2-5H,6-7H2,1H3,(H,15,16). The summed E-state index contributed by atoms with van der Waals surface area (Å²) >= 11 is 0. The van der Waals surface area contributed by atoms with Crippen LogP contribution in [0.25, 0.3) is 0 Å². The van der Waals surface area contributed by atoms with E-state index in [9.17, 15) is 14.0 Å². The summed E-state index contributed by atoms with van der Waals surface area (Å²) in [5.74, 6) is -1.95. The van der Waals surface area contributed by atoms with Crippen LogP contribution in [-0.4, -0.2) is 23.5 Å². The van der Waals surface area contributed by atoms with Gasteiger partial charge in [0.15, 0.2) is 0 Å². The van der Waals surface area contributed by atoms with Crippen molar-refractivity contribution in [3.05, 3.63) is 30.1 Å². The number of carboxylic acid groups (broad SMARTS) is 1. The van der Waals surface area contributed by atoms with Gasteiger partial charge in [0.25, 0.3) is 0 Å². The number of benzene rings is 1. The first-order valence-electron chi connectivity index (χ1n) is 4.77. The Bertz CT molecular complexity index is 406. The molecule has 1 amide bonds. The molecule has 0 saturated carbocycles. The Kier molecular flexibility index (Phi) is 3.99. The molecule has 0 atom stereocenters. The lowest BCUT2D eigenvalue weighted by Crippen LogP contribution is -2.31. The summed E-state index contributed by atoms with van der Waals surface area (Å²) in [6.45, 7) is 1.24. The number of anilines is 1. The highest BCUT2D eigenvalue weighted by molar-refractivity contribution is 5.92. The minimum absolute atomic E-state index is 0.0361. The minimum atomic E-state index is -1.03. The first kappa shape index (κ1) is 12.2. The molecule has 5 heteroatoms. The van der Waals surface area contributed by atoms with Crippen LogP contribution in [0.4, 0.5) is 10.1 Å². The molecular weight excluding hydrogens is 213 g/mol. The third-order valence-corrected chi connectivity index (χ3v) is 2.07. The fourth-order valence-electron chi connectivity index (χ4n) is 1.33. The summed E-state index contributed by atoms with van der Waals surface area (Å²) in [5, 5.41) is 8.53. The SMILES string of the molecule is CC(=O)N(CCC(=O)O)c1ccccc1F. The molecule has 4 nitrogen and oxygen atoms in total. The third kappa shape index (κ3) is 3.05. The van der Waals surface area contributed by atoms with Crippen LogP contribution < -0.4 is 4.90 Å². The second-order valence-electron chi connectivity index (χ2n) is 3.27. The number of aliphatic carboxylic acids is 1. The van der Waals surface area contributed by atoms with Gasteiger partial charge in [-0.1, -0.05) is 12.1 Å². The third-order valence-electron chi connectivity index (χ3n) is 2.07. The molecule has 0 bridgehead atoms. The van der Waals surface area contributed by atoms with Gasteiger partial charge in [-0.05, 0) is 12.1 Å². The van der Waals surface area contributed by atoms with Crippen LogP contribution in [0.15, 0.2) is 24.3 Å². The van der Waals surface area contributed by atoms with Crippen molar-refractivity contribution in [1.82, 2.24) is 0 Å². The maximum atomic E-state index is 13.4.